The maximum atomic E-state index is 7.48. The van der Waals surface area contributed by atoms with Crippen LogP contribution in [0.4, 0.5) is 0 Å². The molecule has 0 spiro atoms. The maximum Gasteiger partial charge on any atom is 0.123 e. The second-order valence-corrected chi connectivity index (χ2v) is 5.74. The predicted octanol–water partition coefficient (Wildman–Crippen LogP) is 3.48. The molecule has 15 heavy (non-hydrogen) atoms. The van der Waals surface area contributed by atoms with E-state index in [1.165, 1.54) is 0 Å². The summed E-state index contributed by atoms with van der Waals surface area (Å²) in [5, 5.41) is 7.48. The minimum Gasteiger partial charge on any atom is -0.384 e. The van der Waals surface area contributed by atoms with Crippen LogP contribution in [0.2, 0.25) is 0 Å². The molecule has 82 valence electrons. The van der Waals surface area contributed by atoms with Gasteiger partial charge in [-0.2, -0.15) is 0 Å². The number of hydrogen-bond acceptors (Lipinski definition) is 2. The lowest BCUT2D eigenvalue weighted by atomic mass is 10.2. The minimum atomic E-state index is 0.133. The molecule has 0 aliphatic heterocycles. The van der Waals surface area contributed by atoms with E-state index in [0.29, 0.717) is 5.92 Å². The largest absolute Gasteiger partial charge is 0.384 e. The van der Waals surface area contributed by atoms with E-state index in [1.54, 1.807) is 11.8 Å². The highest BCUT2D eigenvalue weighted by atomic mass is 79.9. The molecule has 0 unspecified atom stereocenters. The second-order valence-electron chi connectivity index (χ2n) is 3.76. The zero-order chi connectivity index (χ0) is 11.4. The summed E-state index contributed by atoms with van der Waals surface area (Å²) >= 11 is 5.17. The van der Waals surface area contributed by atoms with Gasteiger partial charge in [0.25, 0.3) is 0 Å². The van der Waals surface area contributed by atoms with Crippen molar-refractivity contribution in [3.05, 3.63) is 28.2 Å². The summed E-state index contributed by atoms with van der Waals surface area (Å²) in [4.78, 5) is 1.07. The molecule has 3 N–H and O–H groups in total. The molecular weight excluding hydrogens is 272 g/mol. The van der Waals surface area contributed by atoms with Crippen LogP contribution in [0.15, 0.2) is 27.6 Å². The molecule has 0 bridgehead atoms. The van der Waals surface area contributed by atoms with E-state index in [2.05, 4.69) is 29.8 Å². The molecule has 0 aliphatic rings. The van der Waals surface area contributed by atoms with Crippen molar-refractivity contribution in [2.45, 2.75) is 18.7 Å². The third-order valence-electron chi connectivity index (χ3n) is 1.81. The van der Waals surface area contributed by atoms with Gasteiger partial charge in [0, 0.05) is 20.7 Å². The summed E-state index contributed by atoms with van der Waals surface area (Å²) in [6, 6.07) is 5.81. The Balaban J connectivity index is 2.92. The molecule has 0 aromatic heterocycles. The van der Waals surface area contributed by atoms with Crippen LogP contribution in [0.5, 0.6) is 0 Å². The van der Waals surface area contributed by atoms with Crippen LogP contribution in [-0.2, 0) is 0 Å². The molecule has 0 atom stereocenters. The number of thioether (sulfide) groups is 1. The van der Waals surface area contributed by atoms with Crippen LogP contribution in [0.3, 0.4) is 0 Å². The molecule has 0 radical (unpaired) electrons. The molecule has 0 aliphatic carbocycles. The molecule has 0 saturated heterocycles. The smallest absolute Gasteiger partial charge is 0.123 e. The Morgan fingerprint density at radius 1 is 1.53 bits per heavy atom. The quantitative estimate of drug-likeness (QED) is 0.506. The Labute approximate surface area is 103 Å². The fourth-order valence-corrected chi connectivity index (χ4v) is 2.66. The molecule has 0 saturated carbocycles. The van der Waals surface area contributed by atoms with Gasteiger partial charge in [-0.05, 0) is 24.1 Å². The highest BCUT2D eigenvalue weighted by Gasteiger charge is 2.07. The van der Waals surface area contributed by atoms with E-state index >= 15 is 0 Å². The number of rotatable bonds is 4. The van der Waals surface area contributed by atoms with E-state index in [-0.39, 0.29) is 5.84 Å². The van der Waals surface area contributed by atoms with Crippen molar-refractivity contribution in [1.82, 2.24) is 0 Å². The fourth-order valence-electron chi connectivity index (χ4n) is 1.09. The van der Waals surface area contributed by atoms with E-state index in [4.69, 9.17) is 11.1 Å². The van der Waals surface area contributed by atoms with Crippen molar-refractivity contribution < 1.29 is 0 Å². The first-order valence-electron chi connectivity index (χ1n) is 4.77. The van der Waals surface area contributed by atoms with E-state index in [0.717, 1.165) is 20.7 Å². The lowest BCUT2D eigenvalue weighted by Crippen LogP contribution is -2.12. The summed E-state index contributed by atoms with van der Waals surface area (Å²) in [7, 11) is 0. The molecule has 0 fully saturated rings. The van der Waals surface area contributed by atoms with Gasteiger partial charge in [-0.15, -0.1) is 11.8 Å². The number of benzene rings is 1. The number of nitrogens with one attached hydrogen (secondary N) is 1. The van der Waals surface area contributed by atoms with Crippen molar-refractivity contribution in [2.24, 2.45) is 11.7 Å². The predicted molar refractivity (Wildman–Crippen MR) is 70.7 cm³/mol. The van der Waals surface area contributed by atoms with Gasteiger partial charge in [-0.25, -0.2) is 0 Å². The average molecular weight is 287 g/mol. The number of nitrogens with two attached hydrogens (primary N) is 1. The molecule has 0 heterocycles. The Bertz CT molecular complexity index is 364. The SMILES string of the molecule is CC(C)CSc1cc(Br)ccc1C(=N)N. The van der Waals surface area contributed by atoms with Crippen molar-refractivity contribution >= 4 is 33.5 Å². The molecule has 4 heteroatoms. The monoisotopic (exact) mass is 286 g/mol. The topological polar surface area (TPSA) is 49.9 Å². The van der Waals surface area contributed by atoms with E-state index in [1.807, 2.05) is 18.2 Å². The number of nitrogen functional groups attached to an aromatic ring is 1. The first kappa shape index (κ1) is 12.6. The van der Waals surface area contributed by atoms with Crippen LogP contribution < -0.4 is 5.73 Å². The zero-order valence-electron chi connectivity index (χ0n) is 8.88. The molecule has 2 nitrogen and oxygen atoms in total. The van der Waals surface area contributed by atoms with Gasteiger partial charge in [-0.1, -0.05) is 29.8 Å². The Kier molecular flexibility index (Phi) is 4.67. The van der Waals surface area contributed by atoms with Crippen molar-refractivity contribution in [3.63, 3.8) is 0 Å². The summed E-state index contributed by atoms with van der Waals surface area (Å²) in [6.07, 6.45) is 0. The number of halogens is 1. The summed E-state index contributed by atoms with van der Waals surface area (Å²) in [5.74, 6) is 1.80. The Morgan fingerprint density at radius 2 is 2.20 bits per heavy atom. The Hall–Kier alpha value is -0.480. The zero-order valence-corrected chi connectivity index (χ0v) is 11.3. The van der Waals surface area contributed by atoms with E-state index in [9.17, 15) is 0 Å². The van der Waals surface area contributed by atoms with Crippen LogP contribution in [-0.4, -0.2) is 11.6 Å². The third-order valence-corrected chi connectivity index (χ3v) is 3.78. The van der Waals surface area contributed by atoms with Crippen LogP contribution in [0.1, 0.15) is 19.4 Å². The van der Waals surface area contributed by atoms with Crippen molar-refractivity contribution in [3.8, 4) is 0 Å². The second kappa shape index (κ2) is 5.56. The van der Waals surface area contributed by atoms with Gasteiger partial charge in [0.05, 0.1) is 0 Å². The van der Waals surface area contributed by atoms with Gasteiger partial charge < -0.3 is 5.73 Å². The first-order chi connectivity index (χ1) is 7.00. The summed E-state index contributed by atoms with van der Waals surface area (Å²) < 4.78 is 1.03. The molecule has 1 rings (SSSR count). The minimum absolute atomic E-state index is 0.133. The normalized spacial score (nSPS) is 10.7. The van der Waals surface area contributed by atoms with Gasteiger partial charge in [0.15, 0.2) is 0 Å². The van der Waals surface area contributed by atoms with Crippen molar-refractivity contribution in [1.29, 1.82) is 5.41 Å². The third kappa shape index (κ3) is 3.87. The van der Waals surface area contributed by atoms with Gasteiger partial charge in [0.2, 0.25) is 0 Å². The van der Waals surface area contributed by atoms with Crippen molar-refractivity contribution in [2.75, 3.05) is 5.75 Å². The van der Waals surface area contributed by atoms with Crippen LogP contribution >= 0.6 is 27.7 Å². The van der Waals surface area contributed by atoms with Gasteiger partial charge in [-0.3, -0.25) is 5.41 Å². The highest BCUT2D eigenvalue weighted by molar-refractivity contribution is 9.10. The molecule has 1 aromatic rings. The molecule has 0 amide bonds. The van der Waals surface area contributed by atoms with Gasteiger partial charge >= 0.3 is 0 Å². The summed E-state index contributed by atoms with van der Waals surface area (Å²) in [5.41, 5.74) is 6.35. The molecule has 1 aromatic carbocycles. The highest BCUT2D eigenvalue weighted by Crippen LogP contribution is 2.27. The lowest BCUT2D eigenvalue weighted by Gasteiger charge is -2.09. The fraction of sp³-hybridized carbons (Fsp3) is 0.364. The average Bonchev–Trinajstić information content (AvgIpc) is 2.14. The number of hydrogen-bond donors (Lipinski definition) is 2. The van der Waals surface area contributed by atoms with E-state index < -0.39 is 0 Å². The standard InChI is InChI=1S/C11H15BrN2S/c1-7(2)6-15-10-5-8(12)3-4-9(10)11(13)14/h3-5,7H,6H2,1-2H3,(H3,13,14). The van der Waals surface area contributed by atoms with Crippen LogP contribution in [0.25, 0.3) is 0 Å². The first-order valence-corrected chi connectivity index (χ1v) is 6.55. The summed E-state index contributed by atoms with van der Waals surface area (Å²) in [6.45, 7) is 4.36. The van der Waals surface area contributed by atoms with Gasteiger partial charge in [0.1, 0.15) is 5.84 Å². The van der Waals surface area contributed by atoms with Crippen LogP contribution in [0, 0.1) is 11.3 Å². The maximum absolute atomic E-state index is 7.48. The molecular formula is C11H15BrN2S. The lowest BCUT2D eigenvalue weighted by molar-refractivity contribution is 0.750. The Morgan fingerprint density at radius 3 is 2.73 bits per heavy atom. The number of amidine groups is 1.